The number of benzene rings is 2. The van der Waals surface area contributed by atoms with Gasteiger partial charge in [-0.15, -0.1) is 0 Å². The lowest BCUT2D eigenvalue weighted by molar-refractivity contribution is 0.0953. The first kappa shape index (κ1) is 18.6. The summed E-state index contributed by atoms with van der Waals surface area (Å²) in [7, 11) is 2.06. The minimum Gasteiger partial charge on any atom is -0.489 e. The summed E-state index contributed by atoms with van der Waals surface area (Å²) in [5, 5.41) is 2.96. The highest BCUT2D eigenvalue weighted by Gasteiger charge is 2.07. The maximum absolute atomic E-state index is 12.3. The van der Waals surface area contributed by atoms with E-state index in [1.807, 2.05) is 37.3 Å². The number of nitrogens with one attached hydrogen (secondary N) is 1. The fraction of sp³-hybridized carbons (Fsp3) is 0.286. The minimum absolute atomic E-state index is 0.0804. The Kier molecular flexibility index (Phi) is 7.08. The maximum Gasteiger partial charge on any atom is 0.251 e. The molecule has 0 bridgehead atoms. The Bertz CT molecular complexity index is 698. The van der Waals surface area contributed by atoms with Gasteiger partial charge >= 0.3 is 0 Å². The number of anilines is 1. The van der Waals surface area contributed by atoms with Crippen molar-refractivity contribution >= 4 is 11.6 Å². The summed E-state index contributed by atoms with van der Waals surface area (Å²) < 4.78 is 5.58. The van der Waals surface area contributed by atoms with E-state index < -0.39 is 0 Å². The monoisotopic (exact) mass is 338 g/mol. The zero-order valence-electron chi connectivity index (χ0n) is 15.0. The van der Waals surface area contributed by atoms with Gasteiger partial charge in [0.25, 0.3) is 5.91 Å². The van der Waals surface area contributed by atoms with Crippen LogP contribution in [0.2, 0.25) is 0 Å². The maximum atomic E-state index is 12.3. The van der Waals surface area contributed by atoms with Crippen molar-refractivity contribution in [3.63, 3.8) is 0 Å². The molecule has 0 spiro atoms. The summed E-state index contributed by atoms with van der Waals surface area (Å²) in [6.45, 7) is 7.68. The van der Waals surface area contributed by atoms with Crippen LogP contribution in [0.1, 0.15) is 23.7 Å². The summed E-state index contributed by atoms with van der Waals surface area (Å²) in [4.78, 5) is 14.4. The minimum atomic E-state index is -0.0804. The van der Waals surface area contributed by atoms with E-state index in [0.29, 0.717) is 24.5 Å². The fourth-order valence-electron chi connectivity index (χ4n) is 2.37. The number of nitrogens with zero attached hydrogens (tertiary/aromatic N) is 1. The Labute approximate surface area is 150 Å². The van der Waals surface area contributed by atoms with Crippen LogP contribution in [0.4, 0.5) is 5.69 Å². The first-order chi connectivity index (χ1) is 12.1. The molecule has 4 nitrogen and oxygen atoms in total. The Balaban J connectivity index is 1.76. The van der Waals surface area contributed by atoms with Crippen LogP contribution in [0, 0.1) is 0 Å². The van der Waals surface area contributed by atoms with Gasteiger partial charge in [0.15, 0.2) is 0 Å². The molecule has 0 aliphatic heterocycles. The molecule has 0 fully saturated rings. The molecule has 2 rings (SSSR count). The second-order valence-corrected chi connectivity index (χ2v) is 6.14. The highest BCUT2D eigenvalue weighted by molar-refractivity contribution is 5.94. The molecule has 0 aliphatic rings. The average Bonchev–Trinajstić information content (AvgIpc) is 2.64. The topological polar surface area (TPSA) is 41.6 Å². The number of amides is 1. The molecule has 0 atom stereocenters. The molecule has 0 saturated heterocycles. The molecule has 0 radical (unpaired) electrons. The van der Waals surface area contributed by atoms with Crippen LogP contribution in [0.15, 0.2) is 66.7 Å². The van der Waals surface area contributed by atoms with E-state index in [9.17, 15) is 4.79 Å². The lowest BCUT2D eigenvalue weighted by Gasteiger charge is -2.19. The molecule has 2 aromatic rings. The van der Waals surface area contributed by atoms with Crippen molar-refractivity contribution in [1.82, 2.24) is 5.32 Å². The molecule has 2 aromatic carbocycles. The number of para-hydroxylation sites is 1. The van der Waals surface area contributed by atoms with Gasteiger partial charge in [0.1, 0.15) is 12.4 Å². The van der Waals surface area contributed by atoms with Gasteiger partial charge in [-0.1, -0.05) is 30.8 Å². The predicted octanol–water partition coefficient (Wildman–Crippen LogP) is 3.90. The van der Waals surface area contributed by atoms with E-state index in [1.165, 1.54) is 5.69 Å². The molecule has 0 heterocycles. The molecule has 0 aliphatic carbocycles. The highest BCUT2D eigenvalue weighted by Crippen LogP contribution is 2.14. The van der Waals surface area contributed by atoms with Crippen molar-refractivity contribution < 1.29 is 9.53 Å². The Hall–Kier alpha value is -2.75. The molecule has 1 N–H and O–H groups in total. The van der Waals surface area contributed by atoms with Crippen LogP contribution < -0.4 is 15.0 Å². The molecule has 0 aromatic heterocycles. The van der Waals surface area contributed by atoms with Crippen LogP contribution in [-0.4, -0.2) is 32.7 Å². The summed E-state index contributed by atoms with van der Waals surface area (Å²) in [5.41, 5.74) is 2.73. The van der Waals surface area contributed by atoms with E-state index in [0.717, 1.165) is 18.5 Å². The second-order valence-electron chi connectivity index (χ2n) is 6.14. The molecule has 132 valence electrons. The van der Waals surface area contributed by atoms with Crippen LogP contribution >= 0.6 is 0 Å². The van der Waals surface area contributed by atoms with Crippen LogP contribution in [0.3, 0.4) is 0 Å². The van der Waals surface area contributed by atoms with Crippen LogP contribution in [-0.2, 0) is 0 Å². The molecule has 0 saturated carbocycles. The third-order valence-corrected chi connectivity index (χ3v) is 3.73. The number of hydrogen-bond acceptors (Lipinski definition) is 3. The van der Waals surface area contributed by atoms with Crippen molar-refractivity contribution in [2.75, 3.05) is 31.6 Å². The summed E-state index contributed by atoms with van der Waals surface area (Å²) >= 11 is 0. The summed E-state index contributed by atoms with van der Waals surface area (Å²) in [6.07, 6.45) is 0.878. The predicted molar refractivity (Wildman–Crippen MR) is 103 cm³/mol. The van der Waals surface area contributed by atoms with Gasteiger partial charge in [0.2, 0.25) is 0 Å². The van der Waals surface area contributed by atoms with Crippen molar-refractivity contribution in [1.29, 1.82) is 0 Å². The van der Waals surface area contributed by atoms with Gasteiger partial charge in [-0.2, -0.15) is 0 Å². The van der Waals surface area contributed by atoms with Crippen molar-refractivity contribution in [2.45, 2.75) is 13.3 Å². The molecule has 25 heavy (non-hydrogen) atoms. The summed E-state index contributed by atoms with van der Waals surface area (Å²) in [5.74, 6) is 0.600. The Morgan fingerprint density at radius 1 is 1.16 bits per heavy atom. The molecular formula is C21H26N2O2. The number of carbonyl (C=O) groups is 1. The summed E-state index contributed by atoms with van der Waals surface area (Å²) in [6, 6.07) is 17.4. The van der Waals surface area contributed by atoms with E-state index in [4.69, 9.17) is 4.74 Å². The van der Waals surface area contributed by atoms with Gasteiger partial charge < -0.3 is 15.0 Å². The standard InChI is InChI=1S/C21H26N2O2/c1-17(2)16-25-20-12-7-9-18(15-20)21(24)22-13-8-14-23(3)19-10-5-4-6-11-19/h4-7,9-12,15H,1,8,13-14,16H2,2-3H3,(H,22,24). The lowest BCUT2D eigenvalue weighted by Crippen LogP contribution is -2.28. The fourth-order valence-corrected chi connectivity index (χ4v) is 2.37. The van der Waals surface area contributed by atoms with E-state index in [2.05, 4.69) is 36.0 Å². The zero-order chi connectivity index (χ0) is 18.1. The van der Waals surface area contributed by atoms with Crippen LogP contribution in [0.25, 0.3) is 0 Å². The third kappa shape index (κ3) is 6.34. The second kappa shape index (κ2) is 9.52. The number of hydrogen-bond donors (Lipinski definition) is 1. The molecule has 0 unspecified atom stereocenters. The van der Waals surface area contributed by atoms with Crippen molar-refractivity contribution in [3.8, 4) is 5.75 Å². The molecule has 4 heteroatoms. The molecular weight excluding hydrogens is 312 g/mol. The first-order valence-corrected chi connectivity index (χ1v) is 8.48. The number of rotatable bonds is 9. The third-order valence-electron chi connectivity index (χ3n) is 3.73. The van der Waals surface area contributed by atoms with Gasteiger partial charge in [0, 0.05) is 31.4 Å². The number of carbonyl (C=O) groups excluding carboxylic acids is 1. The van der Waals surface area contributed by atoms with Gasteiger partial charge in [-0.05, 0) is 49.2 Å². The SMILES string of the molecule is C=C(C)COc1cccc(C(=O)NCCCN(C)c2ccccc2)c1. The van der Waals surface area contributed by atoms with Crippen molar-refractivity contribution in [3.05, 3.63) is 72.3 Å². The van der Waals surface area contributed by atoms with Gasteiger partial charge in [0.05, 0.1) is 0 Å². The quantitative estimate of drug-likeness (QED) is 0.557. The lowest BCUT2D eigenvalue weighted by atomic mass is 10.2. The van der Waals surface area contributed by atoms with Crippen LogP contribution in [0.5, 0.6) is 5.75 Å². The number of ether oxygens (including phenoxy) is 1. The van der Waals surface area contributed by atoms with Gasteiger partial charge in [-0.3, -0.25) is 4.79 Å². The molecule has 1 amide bonds. The highest BCUT2D eigenvalue weighted by atomic mass is 16.5. The van der Waals surface area contributed by atoms with Crippen molar-refractivity contribution in [2.24, 2.45) is 0 Å². The normalized spacial score (nSPS) is 10.2. The Morgan fingerprint density at radius 2 is 1.92 bits per heavy atom. The smallest absolute Gasteiger partial charge is 0.251 e. The zero-order valence-corrected chi connectivity index (χ0v) is 15.0. The average molecular weight is 338 g/mol. The van der Waals surface area contributed by atoms with Gasteiger partial charge in [-0.25, -0.2) is 0 Å². The van der Waals surface area contributed by atoms with E-state index in [-0.39, 0.29) is 5.91 Å². The van der Waals surface area contributed by atoms with E-state index in [1.54, 1.807) is 12.1 Å². The van der Waals surface area contributed by atoms with E-state index >= 15 is 0 Å². The Morgan fingerprint density at radius 3 is 2.64 bits per heavy atom. The largest absolute Gasteiger partial charge is 0.489 e. The first-order valence-electron chi connectivity index (χ1n) is 8.48.